The number of aromatic nitrogens is 4. The molecular weight excluding hydrogens is 266 g/mol. The van der Waals surface area contributed by atoms with E-state index in [2.05, 4.69) is 20.6 Å². The lowest BCUT2D eigenvalue weighted by atomic mass is 9.95. The van der Waals surface area contributed by atoms with Crippen molar-refractivity contribution in [2.45, 2.75) is 45.2 Å². The van der Waals surface area contributed by atoms with Crippen molar-refractivity contribution in [1.29, 1.82) is 0 Å². The lowest BCUT2D eigenvalue weighted by molar-refractivity contribution is -0.125. The van der Waals surface area contributed by atoms with E-state index in [1.165, 1.54) is 17.7 Å². The normalized spacial score (nSPS) is 20.1. The third-order valence-electron chi connectivity index (χ3n) is 4.64. The van der Waals surface area contributed by atoms with Crippen LogP contribution in [0.2, 0.25) is 0 Å². The number of carbonyl (C=O) groups is 1. The van der Waals surface area contributed by atoms with Crippen LogP contribution < -0.4 is 5.32 Å². The molecule has 6 nitrogen and oxygen atoms in total. The van der Waals surface area contributed by atoms with Gasteiger partial charge in [-0.25, -0.2) is 0 Å². The lowest BCUT2D eigenvalue weighted by Crippen LogP contribution is -2.35. The second kappa shape index (κ2) is 5.02. The summed E-state index contributed by atoms with van der Waals surface area (Å²) in [5.41, 5.74) is 4.73. The highest BCUT2D eigenvalue weighted by atomic mass is 16.1. The van der Waals surface area contributed by atoms with E-state index in [0.717, 1.165) is 43.6 Å². The maximum atomic E-state index is 12.3. The van der Waals surface area contributed by atoms with Crippen molar-refractivity contribution < 1.29 is 4.79 Å². The molecule has 0 aromatic carbocycles. The number of nitrogens with zero attached hydrogens (tertiary/aromatic N) is 3. The number of hydrogen-bond acceptors (Lipinski definition) is 3. The van der Waals surface area contributed by atoms with Gasteiger partial charge >= 0.3 is 0 Å². The van der Waals surface area contributed by atoms with Gasteiger partial charge in [-0.3, -0.25) is 14.6 Å². The summed E-state index contributed by atoms with van der Waals surface area (Å²) in [6.45, 7) is 1.37. The predicted octanol–water partition coefficient (Wildman–Crippen LogP) is 0.974. The second-order valence-corrected chi connectivity index (χ2v) is 5.93. The number of amides is 1. The first-order valence-corrected chi connectivity index (χ1v) is 7.64. The van der Waals surface area contributed by atoms with Gasteiger partial charge < -0.3 is 5.32 Å². The van der Waals surface area contributed by atoms with E-state index in [1.807, 2.05) is 16.9 Å². The average Bonchev–Trinajstić information content (AvgIpc) is 3.20. The number of nitrogens with one attached hydrogen (secondary N) is 2. The number of aryl methyl sites for hydroxylation is 2. The van der Waals surface area contributed by atoms with Gasteiger partial charge in [-0.15, -0.1) is 0 Å². The highest BCUT2D eigenvalue weighted by molar-refractivity contribution is 5.79. The van der Waals surface area contributed by atoms with Crippen LogP contribution in [0.25, 0.3) is 0 Å². The lowest BCUT2D eigenvalue weighted by Gasteiger charge is -2.22. The summed E-state index contributed by atoms with van der Waals surface area (Å²) in [4.78, 5) is 12.3. The van der Waals surface area contributed by atoms with Crippen LogP contribution in [0, 0.1) is 5.92 Å². The second-order valence-electron chi connectivity index (χ2n) is 5.93. The molecule has 21 heavy (non-hydrogen) atoms. The van der Waals surface area contributed by atoms with Crippen molar-refractivity contribution in [3.63, 3.8) is 0 Å². The molecule has 2 aromatic rings. The van der Waals surface area contributed by atoms with Crippen molar-refractivity contribution in [2.24, 2.45) is 5.92 Å². The van der Waals surface area contributed by atoms with Crippen molar-refractivity contribution in [1.82, 2.24) is 25.3 Å². The van der Waals surface area contributed by atoms with E-state index in [-0.39, 0.29) is 11.8 Å². The molecule has 0 saturated carbocycles. The number of H-pyrrole nitrogens is 1. The minimum atomic E-state index is 0.0567. The zero-order chi connectivity index (χ0) is 14.2. The van der Waals surface area contributed by atoms with Crippen LogP contribution in [0.15, 0.2) is 12.3 Å². The first-order valence-electron chi connectivity index (χ1n) is 7.64. The predicted molar refractivity (Wildman–Crippen MR) is 76.5 cm³/mol. The molecule has 0 saturated heterocycles. The average molecular weight is 285 g/mol. The van der Waals surface area contributed by atoms with E-state index in [1.54, 1.807) is 0 Å². The molecule has 2 aromatic heterocycles. The Morgan fingerprint density at radius 3 is 3.38 bits per heavy atom. The summed E-state index contributed by atoms with van der Waals surface area (Å²) in [6, 6.07) is 2.00. The van der Waals surface area contributed by atoms with E-state index in [0.29, 0.717) is 6.54 Å². The molecule has 1 unspecified atom stereocenters. The molecule has 0 spiro atoms. The molecule has 1 aliphatic heterocycles. The summed E-state index contributed by atoms with van der Waals surface area (Å²) >= 11 is 0. The van der Waals surface area contributed by atoms with Crippen LogP contribution >= 0.6 is 0 Å². The van der Waals surface area contributed by atoms with Gasteiger partial charge in [0.25, 0.3) is 0 Å². The number of rotatable bonds is 3. The van der Waals surface area contributed by atoms with Gasteiger partial charge in [0.05, 0.1) is 12.2 Å². The van der Waals surface area contributed by atoms with Gasteiger partial charge in [-0.2, -0.15) is 10.2 Å². The summed E-state index contributed by atoms with van der Waals surface area (Å²) in [5, 5.41) is 14.7. The smallest absolute Gasteiger partial charge is 0.223 e. The Bertz CT molecular complexity index is 671. The maximum Gasteiger partial charge on any atom is 0.223 e. The molecule has 0 fully saturated rings. The standard InChI is InChI=1S/C15H19N5O/c21-15(10-5-7-20-11(8-10)4-6-17-20)16-9-14-12-2-1-3-13(12)18-19-14/h4,6,10H,1-3,5,7-9H2,(H,16,21)(H,18,19). The zero-order valence-electron chi connectivity index (χ0n) is 11.9. The van der Waals surface area contributed by atoms with Crippen LogP contribution in [0.1, 0.15) is 35.5 Å². The number of aromatic amines is 1. The Balaban J connectivity index is 1.38. The van der Waals surface area contributed by atoms with Crippen LogP contribution in [0.3, 0.4) is 0 Å². The van der Waals surface area contributed by atoms with E-state index in [4.69, 9.17) is 0 Å². The van der Waals surface area contributed by atoms with Gasteiger partial charge in [0.1, 0.15) is 0 Å². The Hall–Kier alpha value is -2.11. The fourth-order valence-electron chi connectivity index (χ4n) is 3.44. The van der Waals surface area contributed by atoms with Crippen LogP contribution in [0.5, 0.6) is 0 Å². The SMILES string of the molecule is O=C(NCc1n[nH]c2c1CCC2)C1CCn2nccc2C1. The van der Waals surface area contributed by atoms with Crippen LogP contribution in [-0.4, -0.2) is 25.9 Å². The van der Waals surface area contributed by atoms with Gasteiger partial charge in [0.15, 0.2) is 0 Å². The molecule has 1 atom stereocenters. The molecule has 4 rings (SSSR count). The van der Waals surface area contributed by atoms with Crippen molar-refractivity contribution in [3.05, 3.63) is 34.9 Å². The molecule has 6 heteroatoms. The minimum absolute atomic E-state index is 0.0567. The zero-order valence-corrected chi connectivity index (χ0v) is 11.9. The Morgan fingerprint density at radius 2 is 2.43 bits per heavy atom. The number of hydrogen-bond donors (Lipinski definition) is 2. The molecule has 110 valence electrons. The fourth-order valence-corrected chi connectivity index (χ4v) is 3.44. The van der Waals surface area contributed by atoms with E-state index < -0.39 is 0 Å². The highest BCUT2D eigenvalue weighted by Crippen LogP contribution is 2.23. The first-order chi connectivity index (χ1) is 10.3. The summed E-state index contributed by atoms with van der Waals surface area (Å²) in [5.74, 6) is 0.193. The molecule has 3 heterocycles. The summed E-state index contributed by atoms with van der Waals surface area (Å²) < 4.78 is 1.99. The molecule has 1 aliphatic carbocycles. The van der Waals surface area contributed by atoms with Gasteiger partial charge in [-0.1, -0.05) is 0 Å². The molecule has 0 radical (unpaired) electrons. The number of carbonyl (C=O) groups excluding carboxylic acids is 1. The third kappa shape index (κ3) is 2.24. The quantitative estimate of drug-likeness (QED) is 0.882. The Kier molecular flexibility index (Phi) is 3.02. The highest BCUT2D eigenvalue weighted by Gasteiger charge is 2.25. The topological polar surface area (TPSA) is 75.6 Å². The van der Waals surface area contributed by atoms with Crippen molar-refractivity contribution in [2.75, 3.05) is 0 Å². The van der Waals surface area contributed by atoms with Crippen LogP contribution in [-0.2, 0) is 37.1 Å². The summed E-state index contributed by atoms with van der Waals surface area (Å²) in [7, 11) is 0. The molecule has 0 bridgehead atoms. The maximum absolute atomic E-state index is 12.3. The largest absolute Gasteiger partial charge is 0.350 e. The molecular formula is C15H19N5O. The minimum Gasteiger partial charge on any atom is -0.350 e. The van der Waals surface area contributed by atoms with Crippen molar-refractivity contribution in [3.8, 4) is 0 Å². The molecule has 1 amide bonds. The van der Waals surface area contributed by atoms with E-state index in [9.17, 15) is 4.79 Å². The third-order valence-corrected chi connectivity index (χ3v) is 4.64. The number of fused-ring (bicyclic) bond motifs is 2. The summed E-state index contributed by atoms with van der Waals surface area (Å²) in [6.07, 6.45) is 6.81. The monoisotopic (exact) mass is 285 g/mol. The van der Waals surface area contributed by atoms with Gasteiger partial charge in [-0.05, 0) is 37.3 Å². The van der Waals surface area contributed by atoms with E-state index >= 15 is 0 Å². The van der Waals surface area contributed by atoms with Gasteiger partial charge in [0.2, 0.25) is 5.91 Å². The first kappa shape index (κ1) is 12.6. The molecule has 2 N–H and O–H groups in total. The van der Waals surface area contributed by atoms with Gasteiger partial charge in [0, 0.05) is 36.5 Å². The fraction of sp³-hybridized carbons (Fsp3) is 0.533. The van der Waals surface area contributed by atoms with Crippen molar-refractivity contribution >= 4 is 5.91 Å². The van der Waals surface area contributed by atoms with Crippen LogP contribution in [0.4, 0.5) is 0 Å². The Morgan fingerprint density at radius 1 is 1.48 bits per heavy atom. The Labute approximate surface area is 122 Å². The molecule has 2 aliphatic rings.